The van der Waals surface area contributed by atoms with Crippen molar-refractivity contribution in [3.05, 3.63) is 0 Å². The van der Waals surface area contributed by atoms with E-state index < -0.39 is 23.7 Å². The Kier molecular flexibility index (Phi) is 4.29. The van der Waals surface area contributed by atoms with Crippen LogP contribution in [0.25, 0.3) is 0 Å². The number of hydrogen-bond acceptors (Lipinski definition) is 2. The second kappa shape index (κ2) is 4.57. The largest absolute Gasteiger partial charge is 1.00 e. The zero-order valence-corrected chi connectivity index (χ0v) is 12.7. The summed E-state index contributed by atoms with van der Waals surface area (Å²) in [5.41, 5.74) is -0.827. The number of carbonyl (C=O) groups is 1. The number of rotatable bonds is 2. The Morgan fingerprint density at radius 3 is 2.00 bits per heavy atom. The molecule has 0 amide bonds. The van der Waals surface area contributed by atoms with Gasteiger partial charge in [0, 0.05) is 0 Å². The normalized spacial score (nSPS) is 37.0. The third kappa shape index (κ3) is 2.02. The van der Waals surface area contributed by atoms with Crippen molar-refractivity contribution in [2.45, 2.75) is 37.4 Å². The molecule has 2 rings (SSSR count). The van der Waals surface area contributed by atoms with E-state index in [1.807, 2.05) is 0 Å². The fourth-order valence-corrected chi connectivity index (χ4v) is 3.19. The van der Waals surface area contributed by atoms with Gasteiger partial charge in [0.15, 0.2) is 0 Å². The average molecular weight is 260 g/mol. The van der Waals surface area contributed by atoms with Crippen molar-refractivity contribution in [3.63, 3.8) is 0 Å². The summed E-state index contributed by atoms with van der Waals surface area (Å²) in [6, 6.07) is 0. The van der Waals surface area contributed by atoms with Crippen molar-refractivity contribution < 1.29 is 73.9 Å². The molecule has 0 spiro atoms. The van der Waals surface area contributed by atoms with Crippen molar-refractivity contribution in [1.29, 1.82) is 0 Å². The smallest absolute Gasteiger partial charge is 0.469 e. The third-order valence-electron chi connectivity index (χ3n) is 4.21. The molecule has 0 heterocycles. The third-order valence-corrected chi connectivity index (χ3v) is 4.21. The molecule has 0 aromatic heterocycles. The Bertz CT molecular complexity index is 298. The van der Waals surface area contributed by atoms with Crippen molar-refractivity contribution in [1.82, 2.24) is 0 Å². The molecule has 0 saturated heterocycles. The number of halogens is 3. The van der Waals surface area contributed by atoms with E-state index in [9.17, 15) is 17.7 Å². The van der Waals surface area contributed by atoms with Gasteiger partial charge in [0.1, 0.15) is 0 Å². The summed E-state index contributed by atoms with van der Waals surface area (Å²) in [6.45, 7) is -4.84. The van der Waals surface area contributed by atoms with Gasteiger partial charge >= 0.3 is 64.3 Å². The molecule has 86 valence electrons. The Morgan fingerprint density at radius 2 is 1.69 bits per heavy atom. The monoisotopic (exact) mass is 260 g/mol. The molecule has 0 N–H and O–H groups in total. The van der Waals surface area contributed by atoms with Gasteiger partial charge in [0.25, 0.3) is 0 Å². The number of ether oxygens (including phenoxy) is 1. The van der Waals surface area contributed by atoms with Crippen molar-refractivity contribution in [2.24, 2.45) is 5.41 Å². The van der Waals surface area contributed by atoms with E-state index >= 15 is 0 Å². The van der Waals surface area contributed by atoms with Crippen LogP contribution in [-0.4, -0.2) is 20.1 Å². The number of carbonyl (C=O) groups excluding carboxylic acids is 1. The van der Waals surface area contributed by atoms with Gasteiger partial charge in [-0.3, -0.25) is 4.79 Å². The molecule has 2 nitrogen and oxygen atoms in total. The molecule has 0 atom stereocenters. The van der Waals surface area contributed by atoms with E-state index in [4.69, 9.17) is 0 Å². The van der Waals surface area contributed by atoms with Crippen LogP contribution in [0.15, 0.2) is 0 Å². The van der Waals surface area contributed by atoms with Gasteiger partial charge in [-0.1, -0.05) is 24.6 Å². The molecule has 0 aromatic rings. The molecule has 2 bridgehead atoms. The molecule has 16 heavy (non-hydrogen) atoms. The van der Waals surface area contributed by atoms with Crippen LogP contribution >= 0.6 is 0 Å². The summed E-state index contributed by atoms with van der Waals surface area (Å²) in [6.07, 6.45) is 0.829. The van der Waals surface area contributed by atoms with Crippen LogP contribution in [0.5, 0.6) is 0 Å². The molecule has 0 aliphatic heterocycles. The first kappa shape index (κ1) is 15.0. The van der Waals surface area contributed by atoms with Gasteiger partial charge in [-0.05, 0) is 12.8 Å². The van der Waals surface area contributed by atoms with Gasteiger partial charge in [0.05, 0.1) is 12.5 Å². The van der Waals surface area contributed by atoms with Gasteiger partial charge in [-0.2, -0.15) is 0 Å². The maximum absolute atomic E-state index is 12.9. The molecule has 2 aliphatic carbocycles. The van der Waals surface area contributed by atoms with E-state index in [0.29, 0.717) is 12.8 Å². The molecule has 0 aromatic carbocycles. The van der Waals surface area contributed by atoms with Crippen LogP contribution < -0.4 is 51.4 Å². The van der Waals surface area contributed by atoms with Crippen molar-refractivity contribution in [3.8, 4) is 0 Å². The van der Waals surface area contributed by atoms with Crippen LogP contribution in [0.4, 0.5) is 12.9 Å². The minimum absolute atomic E-state index is 0. The van der Waals surface area contributed by atoms with Gasteiger partial charge in [-0.25, -0.2) is 0 Å². The van der Waals surface area contributed by atoms with Crippen LogP contribution in [0.1, 0.15) is 32.1 Å². The van der Waals surface area contributed by atoms with E-state index in [-0.39, 0.29) is 70.6 Å². The Balaban J connectivity index is 0.00000128. The second-order valence-electron chi connectivity index (χ2n) is 4.89. The van der Waals surface area contributed by atoms with E-state index in [1.165, 1.54) is 7.11 Å². The van der Waals surface area contributed by atoms with E-state index in [0.717, 1.165) is 0 Å². The predicted octanol–water partition coefficient (Wildman–Crippen LogP) is -0.285. The first-order chi connectivity index (χ1) is 6.85. The van der Waals surface area contributed by atoms with Gasteiger partial charge in [-0.15, -0.1) is 0 Å². The fraction of sp³-hybridized carbons (Fsp3) is 0.889. The first-order valence-electron chi connectivity index (χ1n) is 5.13. The number of fused-ring (bicyclic) bond motifs is 2. The molecule has 7 heteroatoms. The quantitative estimate of drug-likeness (QED) is 0.504. The van der Waals surface area contributed by atoms with Crippen LogP contribution in [0, 0.1) is 5.41 Å². The Morgan fingerprint density at radius 1 is 1.19 bits per heavy atom. The predicted molar refractivity (Wildman–Crippen MR) is 49.3 cm³/mol. The minimum Gasteiger partial charge on any atom is -0.469 e. The Labute approximate surface area is 135 Å². The van der Waals surface area contributed by atoms with Crippen LogP contribution in [0.2, 0.25) is 5.31 Å². The first-order valence-corrected chi connectivity index (χ1v) is 5.13. The van der Waals surface area contributed by atoms with Crippen molar-refractivity contribution in [2.75, 3.05) is 7.11 Å². The summed E-state index contributed by atoms with van der Waals surface area (Å²) in [5.74, 6) is -0.457. The number of methoxy groups -OCH3 is 1. The molecule has 2 saturated carbocycles. The maximum Gasteiger partial charge on any atom is 1.00 e. The Hall–Kier alpha value is 0.961. The van der Waals surface area contributed by atoms with Crippen LogP contribution in [-0.2, 0) is 9.53 Å². The van der Waals surface area contributed by atoms with Gasteiger partial charge < -0.3 is 17.7 Å². The van der Waals surface area contributed by atoms with E-state index in [2.05, 4.69) is 4.74 Å². The minimum atomic E-state index is -4.84. The summed E-state index contributed by atoms with van der Waals surface area (Å²) < 4.78 is 43.3. The fourth-order valence-electron chi connectivity index (χ4n) is 3.19. The summed E-state index contributed by atoms with van der Waals surface area (Å²) in [7, 11) is 1.24. The molecule has 2 aliphatic rings. The summed E-state index contributed by atoms with van der Waals surface area (Å²) in [5, 5.41) is -1.55. The summed E-state index contributed by atoms with van der Waals surface area (Å²) >= 11 is 0. The van der Waals surface area contributed by atoms with Gasteiger partial charge in [0.2, 0.25) is 0 Å². The second-order valence-corrected chi connectivity index (χ2v) is 4.89. The number of esters is 1. The summed E-state index contributed by atoms with van der Waals surface area (Å²) in [4.78, 5) is 11.5. The average Bonchev–Trinajstić information content (AvgIpc) is 2.73. The molecule has 0 radical (unpaired) electrons. The standard InChI is InChI=1S/C9H13BF3O2.K/c1-15-7(14)8-2-4-9(6-8,5-3-8)10(11,12)13;/h2-6H2,1H3;/q-1;+1. The van der Waals surface area contributed by atoms with Crippen LogP contribution in [0.3, 0.4) is 0 Å². The molecule has 0 unspecified atom stereocenters. The maximum atomic E-state index is 12.9. The zero-order valence-electron chi connectivity index (χ0n) is 9.56. The molecular formula is C9H13BF3KO2. The molecular weight excluding hydrogens is 247 g/mol. The zero-order chi connectivity index (χ0) is 11.3. The SMILES string of the molecule is COC(=O)C12CCC([B-](F)(F)F)(CC1)C2.[K+]. The van der Waals surface area contributed by atoms with E-state index in [1.54, 1.807) is 0 Å². The topological polar surface area (TPSA) is 26.3 Å². The number of hydrogen-bond donors (Lipinski definition) is 0. The van der Waals surface area contributed by atoms with Crippen molar-refractivity contribution >= 4 is 12.9 Å². The molecule has 2 fully saturated rings.